The molecule has 11 heteroatoms. The van der Waals surface area contributed by atoms with Crippen LogP contribution in [-0.4, -0.2) is 53.5 Å². The van der Waals surface area contributed by atoms with Crippen LogP contribution in [0.25, 0.3) is 0 Å². The molecule has 0 radical (unpaired) electrons. The molecule has 2 N–H and O–H groups in total. The van der Waals surface area contributed by atoms with Crippen LogP contribution in [0.4, 0.5) is 18.4 Å². The number of hydrogen-bond acceptors (Lipinski definition) is 6. The SMILES string of the molecule is CCC(NC(=O)N1CC=CNC1=O)C(C(=O)OCc1ccccc1)C(c1ccc(F)cc1F)N1CCC(C#N)(c2ccccc2)CC1. The predicted molar refractivity (Wildman–Crippen MR) is 170 cm³/mol. The third kappa shape index (κ3) is 7.50. The maximum absolute atomic E-state index is 15.8. The number of carbonyl (C=O) groups is 3. The number of benzene rings is 3. The standard InChI is InChI=1S/C36H37F2N5O4/c1-2-30(41-35(46)43-19-9-18-40-34(43)45)31(33(44)47-23-25-10-5-3-6-11-25)32(28-15-14-27(37)22-29(28)38)42-20-16-36(24-39,17-21-42)26-12-7-4-8-13-26/h3-15,18,22,30-32H,2,16-17,19-21,23H2,1H3,(H,40,45)(H,41,46). The maximum Gasteiger partial charge on any atom is 0.329 e. The molecule has 3 aromatic carbocycles. The zero-order chi connectivity index (χ0) is 33.4. The Morgan fingerprint density at radius 3 is 2.34 bits per heavy atom. The Labute approximate surface area is 272 Å². The van der Waals surface area contributed by atoms with Crippen LogP contribution in [0.2, 0.25) is 0 Å². The summed E-state index contributed by atoms with van der Waals surface area (Å²) in [5.74, 6) is -3.50. The van der Waals surface area contributed by atoms with Gasteiger partial charge in [-0.2, -0.15) is 5.26 Å². The number of imide groups is 1. The summed E-state index contributed by atoms with van der Waals surface area (Å²) in [6.07, 6.45) is 4.05. The molecule has 0 aromatic heterocycles. The fourth-order valence-electron chi connectivity index (χ4n) is 6.41. The van der Waals surface area contributed by atoms with Crippen LogP contribution >= 0.6 is 0 Å². The zero-order valence-corrected chi connectivity index (χ0v) is 26.1. The third-order valence-corrected chi connectivity index (χ3v) is 8.99. The van der Waals surface area contributed by atoms with Gasteiger partial charge in [-0.25, -0.2) is 23.3 Å². The number of hydrogen-bond donors (Lipinski definition) is 2. The van der Waals surface area contributed by atoms with Gasteiger partial charge in [0.15, 0.2) is 0 Å². The van der Waals surface area contributed by atoms with Gasteiger partial charge in [-0.05, 0) is 42.5 Å². The van der Waals surface area contributed by atoms with Gasteiger partial charge in [0.1, 0.15) is 18.2 Å². The van der Waals surface area contributed by atoms with Crippen LogP contribution in [0.1, 0.15) is 48.9 Å². The van der Waals surface area contributed by atoms with Crippen LogP contribution in [0.15, 0.2) is 91.1 Å². The summed E-state index contributed by atoms with van der Waals surface area (Å²) in [5, 5.41) is 15.6. The first-order chi connectivity index (χ1) is 22.8. The van der Waals surface area contributed by atoms with E-state index in [1.807, 2.05) is 53.4 Å². The number of likely N-dealkylation sites (tertiary alicyclic amines) is 1. The van der Waals surface area contributed by atoms with Gasteiger partial charge >= 0.3 is 18.0 Å². The molecular formula is C36H37F2N5O4. The molecule has 47 heavy (non-hydrogen) atoms. The molecule has 0 saturated carbocycles. The number of amides is 4. The van der Waals surface area contributed by atoms with Crippen molar-refractivity contribution in [2.45, 2.75) is 50.3 Å². The third-order valence-electron chi connectivity index (χ3n) is 8.99. The first-order valence-corrected chi connectivity index (χ1v) is 15.7. The van der Waals surface area contributed by atoms with Crippen molar-refractivity contribution in [3.05, 3.63) is 119 Å². The topological polar surface area (TPSA) is 115 Å². The normalized spacial score (nSPS) is 17.9. The quantitative estimate of drug-likeness (QED) is 0.265. The predicted octanol–water partition coefficient (Wildman–Crippen LogP) is 5.95. The second-order valence-electron chi connectivity index (χ2n) is 11.8. The number of rotatable bonds is 10. The minimum absolute atomic E-state index is 0.0229. The lowest BCUT2D eigenvalue weighted by Crippen LogP contribution is -2.56. The van der Waals surface area contributed by atoms with Crippen molar-refractivity contribution >= 4 is 18.0 Å². The number of carbonyl (C=O) groups excluding carboxylic acids is 3. The Bertz CT molecular complexity index is 1640. The number of halogens is 2. The molecule has 2 aliphatic rings. The highest BCUT2D eigenvalue weighted by molar-refractivity contribution is 5.95. The largest absolute Gasteiger partial charge is 0.460 e. The fraction of sp³-hybridized carbons (Fsp3) is 0.333. The van der Waals surface area contributed by atoms with E-state index in [0.717, 1.165) is 28.2 Å². The number of esters is 1. The second-order valence-corrected chi connectivity index (χ2v) is 11.8. The van der Waals surface area contributed by atoms with Gasteiger partial charge in [0.2, 0.25) is 0 Å². The molecule has 0 spiro atoms. The summed E-state index contributed by atoms with van der Waals surface area (Å²) < 4.78 is 35.8. The second kappa shape index (κ2) is 15.0. The monoisotopic (exact) mass is 641 g/mol. The zero-order valence-electron chi connectivity index (χ0n) is 26.1. The molecule has 4 amide bonds. The molecule has 3 unspecified atom stereocenters. The van der Waals surface area contributed by atoms with Gasteiger partial charge in [0.05, 0.1) is 30.0 Å². The summed E-state index contributed by atoms with van der Waals surface area (Å²) in [4.78, 5) is 43.0. The van der Waals surface area contributed by atoms with E-state index in [0.29, 0.717) is 25.9 Å². The van der Waals surface area contributed by atoms with Crippen molar-refractivity contribution in [2.75, 3.05) is 19.6 Å². The number of nitriles is 1. The molecule has 3 aromatic rings. The number of nitrogens with zero attached hydrogens (tertiary/aromatic N) is 3. The first kappa shape index (κ1) is 33.3. The maximum atomic E-state index is 15.8. The summed E-state index contributed by atoms with van der Waals surface area (Å²) in [6.45, 7) is 2.33. The molecule has 0 aliphatic carbocycles. The van der Waals surface area contributed by atoms with E-state index < -0.39 is 53.1 Å². The van der Waals surface area contributed by atoms with Gasteiger partial charge in [-0.15, -0.1) is 0 Å². The molecule has 1 fully saturated rings. The lowest BCUT2D eigenvalue weighted by molar-refractivity contribution is -0.154. The first-order valence-electron chi connectivity index (χ1n) is 15.7. The number of ether oxygens (including phenoxy) is 1. The highest BCUT2D eigenvalue weighted by atomic mass is 19.1. The molecule has 244 valence electrons. The molecule has 1 saturated heterocycles. The number of nitrogens with one attached hydrogen (secondary N) is 2. The average Bonchev–Trinajstić information content (AvgIpc) is 3.10. The Morgan fingerprint density at radius 1 is 1.04 bits per heavy atom. The lowest BCUT2D eigenvalue weighted by Gasteiger charge is -2.45. The highest BCUT2D eigenvalue weighted by Crippen LogP contribution is 2.42. The lowest BCUT2D eigenvalue weighted by atomic mass is 9.73. The van der Waals surface area contributed by atoms with E-state index in [1.54, 1.807) is 25.1 Å². The van der Waals surface area contributed by atoms with Crippen molar-refractivity contribution in [1.82, 2.24) is 20.4 Å². The van der Waals surface area contributed by atoms with Crippen molar-refractivity contribution in [3.63, 3.8) is 0 Å². The molecule has 5 rings (SSSR count). The number of urea groups is 2. The van der Waals surface area contributed by atoms with Crippen LogP contribution in [0.5, 0.6) is 0 Å². The van der Waals surface area contributed by atoms with E-state index in [9.17, 15) is 24.0 Å². The van der Waals surface area contributed by atoms with E-state index in [2.05, 4.69) is 16.7 Å². The summed E-state index contributed by atoms with van der Waals surface area (Å²) in [6, 6.07) is 20.9. The summed E-state index contributed by atoms with van der Waals surface area (Å²) in [7, 11) is 0. The van der Waals surface area contributed by atoms with Crippen LogP contribution in [-0.2, 0) is 21.6 Å². The van der Waals surface area contributed by atoms with Crippen molar-refractivity contribution in [2.24, 2.45) is 5.92 Å². The minimum atomic E-state index is -1.18. The van der Waals surface area contributed by atoms with Crippen molar-refractivity contribution in [3.8, 4) is 6.07 Å². The van der Waals surface area contributed by atoms with E-state index in [-0.39, 0.29) is 25.1 Å². The Morgan fingerprint density at radius 2 is 1.72 bits per heavy atom. The molecule has 2 aliphatic heterocycles. The van der Waals surface area contributed by atoms with E-state index >= 15 is 4.39 Å². The van der Waals surface area contributed by atoms with Crippen LogP contribution in [0.3, 0.4) is 0 Å². The summed E-state index contributed by atoms with van der Waals surface area (Å²) in [5.41, 5.74) is 0.875. The van der Waals surface area contributed by atoms with Gasteiger partial charge in [0, 0.05) is 37.0 Å². The Kier molecular flexibility index (Phi) is 10.6. The Hall–Kier alpha value is -5.08. The van der Waals surface area contributed by atoms with Crippen LogP contribution in [0, 0.1) is 28.9 Å². The van der Waals surface area contributed by atoms with Gasteiger partial charge in [0.25, 0.3) is 0 Å². The smallest absolute Gasteiger partial charge is 0.329 e. The molecule has 2 heterocycles. The minimum Gasteiger partial charge on any atom is -0.460 e. The van der Waals surface area contributed by atoms with Crippen molar-refractivity contribution < 1.29 is 27.9 Å². The highest BCUT2D eigenvalue weighted by Gasteiger charge is 2.46. The van der Waals surface area contributed by atoms with Crippen LogP contribution < -0.4 is 10.6 Å². The molecule has 0 bridgehead atoms. The van der Waals surface area contributed by atoms with E-state index in [1.165, 1.54) is 12.3 Å². The molecule has 3 atom stereocenters. The molecule has 9 nitrogen and oxygen atoms in total. The van der Waals surface area contributed by atoms with Gasteiger partial charge in [-0.1, -0.05) is 73.7 Å². The number of piperidine rings is 1. The average molecular weight is 642 g/mol. The van der Waals surface area contributed by atoms with E-state index in [4.69, 9.17) is 4.74 Å². The Balaban J connectivity index is 1.53. The molecular weight excluding hydrogens is 604 g/mol. The van der Waals surface area contributed by atoms with Crippen molar-refractivity contribution in [1.29, 1.82) is 5.26 Å². The van der Waals surface area contributed by atoms with Gasteiger partial charge < -0.3 is 15.4 Å². The fourth-order valence-corrected chi connectivity index (χ4v) is 6.41. The summed E-state index contributed by atoms with van der Waals surface area (Å²) >= 11 is 0. The van der Waals surface area contributed by atoms with Gasteiger partial charge in [-0.3, -0.25) is 9.69 Å².